The van der Waals surface area contributed by atoms with Crippen LogP contribution in [-0.2, 0) is 0 Å². The molecule has 0 spiro atoms. The molecule has 0 fully saturated rings. The largest absolute Gasteiger partial charge is 0.491 e. The van der Waals surface area contributed by atoms with Crippen molar-refractivity contribution in [3.63, 3.8) is 0 Å². The molecule has 0 saturated heterocycles. The second-order valence-corrected chi connectivity index (χ2v) is 3.75. The highest BCUT2D eigenvalue weighted by Gasteiger charge is 2.11. The van der Waals surface area contributed by atoms with Gasteiger partial charge in [0.15, 0.2) is 0 Å². The second-order valence-electron chi connectivity index (χ2n) is 2.89. The highest BCUT2D eigenvalue weighted by Crippen LogP contribution is 2.31. The molecule has 2 rings (SSSR count). The lowest BCUT2D eigenvalue weighted by Crippen LogP contribution is -2.00. The van der Waals surface area contributed by atoms with Crippen molar-refractivity contribution in [3.05, 3.63) is 22.4 Å². The predicted molar refractivity (Wildman–Crippen MR) is 52.7 cm³/mol. The maximum Gasteiger partial charge on any atom is 0.145 e. The van der Waals surface area contributed by atoms with Crippen LogP contribution >= 0.6 is 15.9 Å². The standard InChI is InChI=1S/C9H9BrFNO/c10-6-4-8-9(5-7(6)11)13-3-1-2-12-8/h4-5,12H,1-3H2. The van der Waals surface area contributed by atoms with E-state index in [0.717, 1.165) is 18.7 Å². The molecule has 70 valence electrons. The van der Waals surface area contributed by atoms with E-state index in [9.17, 15) is 4.39 Å². The number of nitrogens with one attached hydrogen (secondary N) is 1. The van der Waals surface area contributed by atoms with Gasteiger partial charge in [-0.3, -0.25) is 0 Å². The van der Waals surface area contributed by atoms with Crippen LogP contribution in [0.2, 0.25) is 0 Å². The average Bonchev–Trinajstić information content (AvgIpc) is 2.31. The molecule has 0 unspecified atom stereocenters. The highest BCUT2D eigenvalue weighted by molar-refractivity contribution is 9.10. The van der Waals surface area contributed by atoms with Gasteiger partial charge in [-0.15, -0.1) is 0 Å². The van der Waals surface area contributed by atoms with E-state index in [1.807, 2.05) is 0 Å². The van der Waals surface area contributed by atoms with Crippen LogP contribution in [0, 0.1) is 5.82 Å². The van der Waals surface area contributed by atoms with Crippen LogP contribution in [0.4, 0.5) is 10.1 Å². The minimum Gasteiger partial charge on any atom is -0.491 e. The third kappa shape index (κ3) is 1.77. The molecule has 4 heteroatoms. The summed E-state index contributed by atoms with van der Waals surface area (Å²) in [5.74, 6) is 0.306. The summed E-state index contributed by atoms with van der Waals surface area (Å²) in [6.07, 6.45) is 0.938. The van der Waals surface area contributed by atoms with Gasteiger partial charge < -0.3 is 10.1 Å². The van der Waals surface area contributed by atoms with Gasteiger partial charge in [0.25, 0.3) is 0 Å². The number of fused-ring (bicyclic) bond motifs is 1. The van der Waals surface area contributed by atoms with Crippen molar-refractivity contribution < 1.29 is 9.13 Å². The monoisotopic (exact) mass is 245 g/mol. The fourth-order valence-corrected chi connectivity index (χ4v) is 1.61. The zero-order valence-electron chi connectivity index (χ0n) is 6.94. The van der Waals surface area contributed by atoms with Gasteiger partial charge in [0, 0.05) is 12.6 Å². The summed E-state index contributed by atoms with van der Waals surface area (Å²) in [7, 11) is 0. The van der Waals surface area contributed by atoms with Crippen LogP contribution in [0.25, 0.3) is 0 Å². The van der Waals surface area contributed by atoms with Gasteiger partial charge >= 0.3 is 0 Å². The number of hydrogen-bond acceptors (Lipinski definition) is 2. The van der Waals surface area contributed by atoms with Crippen molar-refractivity contribution in [1.29, 1.82) is 0 Å². The molecule has 0 aromatic heterocycles. The Morgan fingerprint density at radius 3 is 3.15 bits per heavy atom. The van der Waals surface area contributed by atoms with Crippen molar-refractivity contribution in [3.8, 4) is 5.75 Å². The van der Waals surface area contributed by atoms with E-state index >= 15 is 0 Å². The second kappa shape index (κ2) is 3.54. The first-order valence-electron chi connectivity index (χ1n) is 4.13. The molecular formula is C9H9BrFNO. The van der Waals surface area contributed by atoms with Crippen molar-refractivity contribution in [2.24, 2.45) is 0 Å². The van der Waals surface area contributed by atoms with E-state index in [2.05, 4.69) is 21.2 Å². The first-order chi connectivity index (χ1) is 6.27. The summed E-state index contributed by atoms with van der Waals surface area (Å²) in [6.45, 7) is 1.51. The molecule has 0 saturated carbocycles. The smallest absolute Gasteiger partial charge is 0.145 e. The van der Waals surface area contributed by atoms with Crippen LogP contribution in [0.15, 0.2) is 16.6 Å². The molecule has 1 aliphatic rings. The molecule has 1 aromatic carbocycles. The van der Waals surface area contributed by atoms with Crippen LogP contribution in [0.3, 0.4) is 0 Å². The Balaban J connectivity index is 2.43. The predicted octanol–water partition coefficient (Wildman–Crippen LogP) is 2.78. The van der Waals surface area contributed by atoms with Gasteiger partial charge in [0.1, 0.15) is 11.6 Å². The van der Waals surface area contributed by atoms with Crippen molar-refractivity contribution >= 4 is 21.6 Å². The lowest BCUT2D eigenvalue weighted by atomic mass is 10.3. The van der Waals surface area contributed by atoms with Crippen LogP contribution in [-0.4, -0.2) is 13.2 Å². The number of ether oxygens (including phenoxy) is 1. The highest BCUT2D eigenvalue weighted by atomic mass is 79.9. The maximum atomic E-state index is 13.1. The fraction of sp³-hybridized carbons (Fsp3) is 0.333. The third-order valence-corrected chi connectivity index (χ3v) is 2.52. The molecule has 1 aromatic rings. The Hall–Kier alpha value is -0.770. The SMILES string of the molecule is Fc1cc2c(cc1Br)NCCCO2. The molecule has 13 heavy (non-hydrogen) atoms. The molecular weight excluding hydrogens is 237 g/mol. The minimum absolute atomic E-state index is 0.289. The molecule has 0 bridgehead atoms. The molecule has 1 N–H and O–H groups in total. The molecule has 2 nitrogen and oxygen atoms in total. The minimum atomic E-state index is -0.289. The Morgan fingerprint density at radius 1 is 1.46 bits per heavy atom. The van der Waals surface area contributed by atoms with Crippen LogP contribution in [0.5, 0.6) is 5.75 Å². The normalized spacial score (nSPS) is 15.2. The Morgan fingerprint density at radius 2 is 2.31 bits per heavy atom. The Bertz CT molecular complexity index is 299. The maximum absolute atomic E-state index is 13.1. The van der Waals surface area contributed by atoms with E-state index < -0.39 is 0 Å². The molecule has 0 amide bonds. The van der Waals surface area contributed by atoms with E-state index in [1.54, 1.807) is 6.07 Å². The summed E-state index contributed by atoms with van der Waals surface area (Å²) < 4.78 is 18.9. The zero-order chi connectivity index (χ0) is 9.26. The van der Waals surface area contributed by atoms with E-state index in [4.69, 9.17) is 4.74 Å². The van der Waals surface area contributed by atoms with Gasteiger partial charge in [0.2, 0.25) is 0 Å². The topological polar surface area (TPSA) is 21.3 Å². The van der Waals surface area contributed by atoms with Crippen molar-refractivity contribution in [1.82, 2.24) is 0 Å². The first-order valence-corrected chi connectivity index (χ1v) is 4.92. The van der Waals surface area contributed by atoms with Crippen LogP contribution < -0.4 is 10.1 Å². The van der Waals surface area contributed by atoms with Gasteiger partial charge in [-0.1, -0.05) is 0 Å². The van der Waals surface area contributed by atoms with Gasteiger partial charge in [-0.2, -0.15) is 0 Å². The summed E-state index contributed by atoms with van der Waals surface area (Å²) in [5.41, 5.74) is 0.853. The molecule has 1 heterocycles. The number of hydrogen-bond donors (Lipinski definition) is 1. The first kappa shape index (κ1) is 8.81. The lowest BCUT2D eigenvalue weighted by molar-refractivity contribution is 0.321. The summed E-state index contributed by atoms with van der Waals surface area (Å²) >= 11 is 3.13. The number of halogens is 2. The number of benzene rings is 1. The summed E-state index contributed by atoms with van der Waals surface area (Å²) in [4.78, 5) is 0. The van der Waals surface area contributed by atoms with Crippen LogP contribution in [0.1, 0.15) is 6.42 Å². The lowest BCUT2D eigenvalue weighted by Gasteiger charge is -2.08. The summed E-state index contributed by atoms with van der Waals surface area (Å²) in [5, 5.41) is 3.17. The third-order valence-electron chi connectivity index (χ3n) is 1.92. The van der Waals surface area contributed by atoms with Crippen molar-refractivity contribution in [2.75, 3.05) is 18.5 Å². The average molecular weight is 246 g/mol. The summed E-state index contributed by atoms with van der Waals surface area (Å²) in [6, 6.07) is 3.10. The molecule has 1 aliphatic heterocycles. The van der Waals surface area contributed by atoms with E-state index in [1.165, 1.54) is 6.07 Å². The van der Waals surface area contributed by atoms with Gasteiger partial charge in [0.05, 0.1) is 16.8 Å². The number of rotatable bonds is 0. The van der Waals surface area contributed by atoms with Gasteiger partial charge in [-0.05, 0) is 28.4 Å². The molecule has 0 atom stereocenters. The zero-order valence-corrected chi connectivity index (χ0v) is 8.53. The fourth-order valence-electron chi connectivity index (χ4n) is 1.26. The van der Waals surface area contributed by atoms with Gasteiger partial charge in [-0.25, -0.2) is 4.39 Å². The van der Waals surface area contributed by atoms with E-state index in [0.29, 0.717) is 16.8 Å². The Kier molecular flexibility index (Phi) is 2.40. The molecule has 0 aliphatic carbocycles. The van der Waals surface area contributed by atoms with Crippen molar-refractivity contribution in [2.45, 2.75) is 6.42 Å². The Labute approximate surface area is 84.2 Å². The number of anilines is 1. The van der Waals surface area contributed by atoms with E-state index in [-0.39, 0.29) is 5.82 Å². The quantitative estimate of drug-likeness (QED) is 0.759. The molecule has 0 radical (unpaired) electrons.